The molecule has 1 aliphatic rings. The van der Waals surface area contributed by atoms with E-state index in [9.17, 15) is 18.0 Å². The maximum atomic E-state index is 13.5. The fraction of sp³-hybridized carbons (Fsp3) is 0.462. The van der Waals surface area contributed by atoms with Gasteiger partial charge >= 0.3 is 0 Å². The van der Waals surface area contributed by atoms with Gasteiger partial charge in [0.2, 0.25) is 0 Å². The lowest BCUT2D eigenvalue weighted by atomic mass is 10.1. The summed E-state index contributed by atoms with van der Waals surface area (Å²) in [6.45, 7) is 1.66. The molecule has 0 aromatic heterocycles. The van der Waals surface area contributed by atoms with Crippen molar-refractivity contribution in [1.82, 2.24) is 10.2 Å². The number of likely N-dealkylation sites (tertiary alicyclic amines) is 1. The van der Waals surface area contributed by atoms with Crippen LogP contribution in [0, 0.1) is 23.4 Å². The maximum Gasteiger partial charge on any atom is 0.259 e. The second-order valence-corrected chi connectivity index (χ2v) is 4.71. The van der Waals surface area contributed by atoms with E-state index in [4.69, 9.17) is 0 Å². The van der Waals surface area contributed by atoms with Crippen LogP contribution >= 0.6 is 0 Å². The lowest BCUT2D eigenvalue weighted by Gasteiger charge is -2.17. The van der Waals surface area contributed by atoms with Gasteiger partial charge < -0.3 is 10.2 Å². The van der Waals surface area contributed by atoms with E-state index in [0.717, 1.165) is 13.0 Å². The van der Waals surface area contributed by atoms with E-state index >= 15 is 0 Å². The summed E-state index contributed by atoms with van der Waals surface area (Å²) in [6.07, 6.45) is 0.789. The number of nitrogens with one attached hydrogen (secondary N) is 1. The Hall–Kier alpha value is -1.56. The summed E-state index contributed by atoms with van der Waals surface area (Å²) < 4.78 is 39.8. The number of carbonyl (C=O) groups excluding carboxylic acids is 1. The van der Waals surface area contributed by atoms with E-state index in [1.165, 1.54) is 4.90 Å². The Bertz CT molecular complexity index is 470. The normalized spacial score (nSPS) is 18.9. The predicted octanol–water partition coefficient (Wildman–Crippen LogP) is 1.79. The molecule has 1 N–H and O–H groups in total. The molecule has 6 heteroatoms. The highest BCUT2D eigenvalue weighted by Gasteiger charge is 2.30. The molecular formula is C13H15F3N2O. The van der Waals surface area contributed by atoms with Gasteiger partial charge in [0.05, 0.1) is 0 Å². The minimum atomic E-state index is -1.15. The van der Waals surface area contributed by atoms with Gasteiger partial charge in [-0.25, -0.2) is 13.2 Å². The van der Waals surface area contributed by atoms with E-state index in [1.807, 2.05) is 7.05 Å². The quantitative estimate of drug-likeness (QED) is 0.909. The molecule has 1 saturated heterocycles. The Morgan fingerprint density at radius 3 is 2.58 bits per heavy atom. The first-order chi connectivity index (χ1) is 9.02. The Kier molecular flexibility index (Phi) is 4.09. The molecule has 0 spiro atoms. The van der Waals surface area contributed by atoms with Gasteiger partial charge in [0, 0.05) is 25.2 Å². The lowest BCUT2D eigenvalue weighted by molar-refractivity contribution is 0.0777. The van der Waals surface area contributed by atoms with E-state index in [2.05, 4.69) is 5.32 Å². The average molecular weight is 272 g/mol. The fourth-order valence-corrected chi connectivity index (χ4v) is 2.38. The van der Waals surface area contributed by atoms with Crippen LogP contribution in [-0.2, 0) is 0 Å². The van der Waals surface area contributed by atoms with Crippen molar-refractivity contribution in [3.63, 3.8) is 0 Å². The summed E-state index contributed by atoms with van der Waals surface area (Å²) in [7, 11) is 1.81. The van der Waals surface area contributed by atoms with Gasteiger partial charge in [-0.15, -0.1) is 0 Å². The second-order valence-electron chi connectivity index (χ2n) is 4.71. The molecule has 19 heavy (non-hydrogen) atoms. The van der Waals surface area contributed by atoms with Gasteiger partial charge in [0.25, 0.3) is 5.91 Å². The van der Waals surface area contributed by atoms with Crippen molar-refractivity contribution in [2.45, 2.75) is 6.42 Å². The first-order valence-electron chi connectivity index (χ1n) is 6.11. The van der Waals surface area contributed by atoms with E-state index in [0.29, 0.717) is 25.2 Å². The molecule has 3 nitrogen and oxygen atoms in total. The van der Waals surface area contributed by atoms with Gasteiger partial charge in [-0.2, -0.15) is 0 Å². The van der Waals surface area contributed by atoms with Crippen LogP contribution in [-0.4, -0.2) is 37.5 Å². The molecule has 0 aliphatic carbocycles. The Labute approximate surface area is 109 Å². The van der Waals surface area contributed by atoms with Crippen molar-refractivity contribution in [3.8, 4) is 0 Å². The Balaban J connectivity index is 2.17. The van der Waals surface area contributed by atoms with Crippen molar-refractivity contribution in [2.24, 2.45) is 5.92 Å². The molecule has 1 atom stereocenters. The highest BCUT2D eigenvalue weighted by atomic mass is 19.1. The number of halogens is 3. The highest BCUT2D eigenvalue weighted by molar-refractivity contribution is 5.95. The molecule has 0 saturated carbocycles. The van der Waals surface area contributed by atoms with Crippen LogP contribution in [0.2, 0.25) is 0 Å². The van der Waals surface area contributed by atoms with Gasteiger partial charge in [0.15, 0.2) is 0 Å². The smallest absolute Gasteiger partial charge is 0.259 e. The van der Waals surface area contributed by atoms with Crippen LogP contribution in [0.25, 0.3) is 0 Å². The summed E-state index contributed by atoms with van der Waals surface area (Å²) in [5, 5.41) is 3.00. The third kappa shape index (κ3) is 2.89. The van der Waals surface area contributed by atoms with Crippen LogP contribution < -0.4 is 5.32 Å². The molecule has 0 bridgehead atoms. The molecule has 1 aliphatic heterocycles. The molecule has 1 unspecified atom stereocenters. The van der Waals surface area contributed by atoms with Crippen LogP contribution in [0.15, 0.2) is 12.1 Å². The summed E-state index contributed by atoms with van der Waals surface area (Å²) in [6, 6.07) is 1.05. The number of benzene rings is 1. The molecule has 2 rings (SSSR count). The summed E-state index contributed by atoms with van der Waals surface area (Å²) in [5.74, 6) is -3.77. The van der Waals surface area contributed by atoms with Crippen LogP contribution in [0.4, 0.5) is 13.2 Å². The average Bonchev–Trinajstić information content (AvgIpc) is 2.76. The van der Waals surface area contributed by atoms with E-state index in [-0.39, 0.29) is 5.92 Å². The number of nitrogens with zero attached hydrogens (tertiary/aromatic N) is 1. The number of rotatable bonds is 3. The molecule has 1 heterocycles. The van der Waals surface area contributed by atoms with E-state index in [1.54, 1.807) is 0 Å². The van der Waals surface area contributed by atoms with E-state index < -0.39 is 28.9 Å². The molecule has 1 amide bonds. The van der Waals surface area contributed by atoms with Gasteiger partial charge in [-0.1, -0.05) is 0 Å². The number of carbonyl (C=O) groups is 1. The Morgan fingerprint density at radius 1 is 1.37 bits per heavy atom. The topological polar surface area (TPSA) is 32.3 Å². The number of amides is 1. The van der Waals surface area contributed by atoms with Crippen molar-refractivity contribution in [1.29, 1.82) is 0 Å². The third-order valence-electron chi connectivity index (χ3n) is 3.29. The zero-order valence-corrected chi connectivity index (χ0v) is 10.5. The highest BCUT2D eigenvalue weighted by Crippen LogP contribution is 2.22. The first-order valence-corrected chi connectivity index (χ1v) is 6.11. The van der Waals surface area contributed by atoms with Crippen LogP contribution in [0.3, 0.4) is 0 Å². The van der Waals surface area contributed by atoms with Crippen LogP contribution in [0.1, 0.15) is 16.8 Å². The van der Waals surface area contributed by atoms with Gasteiger partial charge in [-0.05, 0) is 25.9 Å². The zero-order valence-electron chi connectivity index (χ0n) is 10.5. The zero-order chi connectivity index (χ0) is 14.0. The molecular weight excluding hydrogens is 257 g/mol. The molecule has 1 fully saturated rings. The molecule has 1 aromatic rings. The monoisotopic (exact) mass is 272 g/mol. The summed E-state index contributed by atoms with van der Waals surface area (Å²) >= 11 is 0. The summed E-state index contributed by atoms with van der Waals surface area (Å²) in [4.78, 5) is 13.5. The predicted molar refractivity (Wildman–Crippen MR) is 64.3 cm³/mol. The third-order valence-corrected chi connectivity index (χ3v) is 3.29. The molecule has 104 valence electrons. The SMILES string of the molecule is CNCC1CCN(C(=O)c2c(F)cc(F)cc2F)C1. The number of hydrogen-bond acceptors (Lipinski definition) is 2. The largest absolute Gasteiger partial charge is 0.338 e. The minimum Gasteiger partial charge on any atom is -0.338 e. The van der Waals surface area contributed by atoms with Gasteiger partial charge in [-0.3, -0.25) is 4.79 Å². The van der Waals surface area contributed by atoms with Crippen molar-refractivity contribution < 1.29 is 18.0 Å². The minimum absolute atomic E-state index is 0.278. The van der Waals surface area contributed by atoms with Crippen molar-refractivity contribution in [2.75, 3.05) is 26.7 Å². The van der Waals surface area contributed by atoms with Crippen molar-refractivity contribution >= 4 is 5.91 Å². The first kappa shape index (κ1) is 13.9. The lowest BCUT2D eigenvalue weighted by Crippen LogP contribution is -2.31. The Morgan fingerprint density at radius 2 is 2.00 bits per heavy atom. The molecule has 1 aromatic carbocycles. The standard InChI is InChI=1S/C13H15F3N2O/c1-17-6-8-2-3-18(7-8)13(19)12-10(15)4-9(14)5-11(12)16/h4-5,8,17H,2-3,6-7H2,1H3. The van der Waals surface area contributed by atoms with Gasteiger partial charge in [0.1, 0.15) is 23.0 Å². The second kappa shape index (κ2) is 5.61. The summed E-state index contributed by atoms with van der Waals surface area (Å²) in [5.41, 5.74) is -0.675. The maximum absolute atomic E-state index is 13.5. The number of hydrogen-bond donors (Lipinski definition) is 1. The van der Waals surface area contributed by atoms with Crippen molar-refractivity contribution in [3.05, 3.63) is 35.1 Å². The molecule has 0 radical (unpaired) electrons. The fourth-order valence-electron chi connectivity index (χ4n) is 2.38. The van der Waals surface area contributed by atoms with Crippen LogP contribution in [0.5, 0.6) is 0 Å².